The van der Waals surface area contributed by atoms with Gasteiger partial charge in [-0.1, -0.05) is 11.8 Å². The number of nitrogens with two attached hydrogens (primary N) is 1. The summed E-state index contributed by atoms with van der Waals surface area (Å²) in [7, 11) is 0. The van der Waals surface area contributed by atoms with Crippen LogP contribution < -0.4 is 5.73 Å². The first-order valence-corrected chi connectivity index (χ1v) is 7.61. The molecule has 2 heterocycles. The number of halogens is 3. The van der Waals surface area contributed by atoms with Gasteiger partial charge in [0, 0.05) is 0 Å². The van der Waals surface area contributed by atoms with E-state index in [0.717, 1.165) is 0 Å². The zero-order valence-corrected chi connectivity index (χ0v) is 12.9. The van der Waals surface area contributed by atoms with Gasteiger partial charge in [-0.15, -0.1) is 5.10 Å². The van der Waals surface area contributed by atoms with Crippen molar-refractivity contribution in [2.24, 2.45) is 0 Å². The quantitative estimate of drug-likeness (QED) is 0.549. The summed E-state index contributed by atoms with van der Waals surface area (Å²) in [5.74, 6) is -1.82. The van der Waals surface area contributed by atoms with Crippen LogP contribution >= 0.6 is 27.7 Å². The molecule has 3 aromatic rings. The molecular formula is C11H7BrF2N6S. The van der Waals surface area contributed by atoms with Gasteiger partial charge in [-0.05, 0) is 34.3 Å². The van der Waals surface area contributed by atoms with Gasteiger partial charge in [0.05, 0.1) is 10.0 Å². The van der Waals surface area contributed by atoms with Crippen molar-refractivity contribution in [2.45, 2.75) is 5.16 Å². The van der Waals surface area contributed by atoms with E-state index in [1.54, 1.807) is 6.26 Å². The second kappa shape index (κ2) is 5.19. The second-order valence-corrected chi connectivity index (χ2v) is 5.57. The molecule has 0 spiro atoms. The molecule has 21 heavy (non-hydrogen) atoms. The van der Waals surface area contributed by atoms with Crippen LogP contribution in [0.1, 0.15) is 0 Å². The highest BCUT2D eigenvalue weighted by atomic mass is 79.9. The van der Waals surface area contributed by atoms with E-state index in [2.05, 4.69) is 36.0 Å². The summed E-state index contributed by atoms with van der Waals surface area (Å²) < 4.78 is 28.7. The molecule has 0 amide bonds. The van der Waals surface area contributed by atoms with E-state index in [9.17, 15) is 8.78 Å². The van der Waals surface area contributed by atoms with E-state index in [-0.39, 0.29) is 27.6 Å². The van der Waals surface area contributed by atoms with E-state index in [1.165, 1.54) is 28.4 Å². The highest BCUT2D eigenvalue weighted by Gasteiger charge is 2.18. The van der Waals surface area contributed by atoms with Crippen molar-refractivity contribution in [3.05, 3.63) is 28.2 Å². The Kier molecular flexibility index (Phi) is 3.49. The summed E-state index contributed by atoms with van der Waals surface area (Å²) in [6, 6.07) is 2.75. The summed E-state index contributed by atoms with van der Waals surface area (Å²) in [5.41, 5.74) is 5.66. The number of thioether (sulfide) groups is 1. The molecule has 0 atom stereocenters. The lowest BCUT2D eigenvalue weighted by Gasteiger charge is -2.00. The van der Waals surface area contributed by atoms with Crippen LogP contribution in [0.5, 0.6) is 0 Å². The molecule has 10 heteroatoms. The van der Waals surface area contributed by atoms with Crippen molar-refractivity contribution in [3.63, 3.8) is 0 Å². The summed E-state index contributed by atoms with van der Waals surface area (Å²) in [6.45, 7) is 0. The van der Waals surface area contributed by atoms with Crippen LogP contribution in [0.3, 0.4) is 0 Å². The topological polar surface area (TPSA) is 82.0 Å². The molecule has 6 nitrogen and oxygen atoms in total. The number of hydrogen-bond acceptors (Lipinski definition) is 6. The number of benzene rings is 1. The van der Waals surface area contributed by atoms with E-state index < -0.39 is 11.6 Å². The van der Waals surface area contributed by atoms with Gasteiger partial charge in [0.15, 0.2) is 22.6 Å². The largest absolute Gasteiger partial charge is 0.368 e. The summed E-state index contributed by atoms with van der Waals surface area (Å²) >= 11 is 4.20. The van der Waals surface area contributed by atoms with Gasteiger partial charge in [0.2, 0.25) is 5.95 Å². The lowest BCUT2D eigenvalue weighted by Crippen LogP contribution is -2.04. The van der Waals surface area contributed by atoms with Crippen LogP contribution in [-0.2, 0) is 0 Å². The minimum atomic E-state index is -1.04. The van der Waals surface area contributed by atoms with Crippen molar-refractivity contribution < 1.29 is 8.78 Å². The van der Waals surface area contributed by atoms with Crippen LogP contribution in [0.15, 0.2) is 21.8 Å². The minimum absolute atomic E-state index is 0.0156. The van der Waals surface area contributed by atoms with Crippen LogP contribution in [0.2, 0.25) is 0 Å². The molecule has 0 aliphatic carbocycles. The summed E-state index contributed by atoms with van der Waals surface area (Å²) in [5, 5.41) is 4.43. The summed E-state index contributed by atoms with van der Waals surface area (Å²) in [6.07, 6.45) is 1.78. The van der Waals surface area contributed by atoms with Gasteiger partial charge >= 0.3 is 0 Å². The maximum atomic E-state index is 14.0. The Morgan fingerprint density at radius 2 is 1.95 bits per heavy atom. The molecule has 0 saturated heterocycles. The fourth-order valence-electron chi connectivity index (χ4n) is 1.69. The number of anilines is 1. The van der Waals surface area contributed by atoms with E-state index in [4.69, 9.17) is 5.73 Å². The Morgan fingerprint density at radius 3 is 2.67 bits per heavy atom. The van der Waals surface area contributed by atoms with Gasteiger partial charge in [0.1, 0.15) is 0 Å². The maximum absolute atomic E-state index is 14.0. The van der Waals surface area contributed by atoms with E-state index >= 15 is 0 Å². The number of nitrogens with zero attached hydrogens (tertiary/aromatic N) is 5. The van der Waals surface area contributed by atoms with Crippen molar-refractivity contribution in [1.82, 2.24) is 24.6 Å². The lowest BCUT2D eigenvalue weighted by atomic mass is 10.2. The molecule has 2 N–H and O–H groups in total. The third-order valence-corrected chi connectivity index (χ3v) is 3.83. The number of aromatic nitrogens is 5. The molecule has 0 radical (unpaired) electrons. The SMILES string of the molecule is CSc1nc(N)n2nc(-c3ccc(Br)c(F)c3F)nc2n1. The van der Waals surface area contributed by atoms with E-state index in [1.807, 2.05) is 0 Å². The second-order valence-electron chi connectivity index (χ2n) is 3.94. The average molecular weight is 373 g/mol. The first-order chi connectivity index (χ1) is 10.0. The molecule has 0 aliphatic rings. The Hall–Kier alpha value is -1.81. The lowest BCUT2D eigenvalue weighted by molar-refractivity contribution is 0.506. The van der Waals surface area contributed by atoms with Crippen molar-refractivity contribution in [1.29, 1.82) is 0 Å². The summed E-state index contributed by atoms with van der Waals surface area (Å²) in [4.78, 5) is 12.2. The Morgan fingerprint density at radius 1 is 1.19 bits per heavy atom. The third kappa shape index (κ3) is 2.33. The number of rotatable bonds is 2. The standard InChI is InChI=1S/C11H7BrF2N6S/c1-21-11-17-9(15)20-10(18-11)16-8(19-20)4-2-3-5(12)7(14)6(4)13/h2-3H,1H3,(H2,15,16,17,18,19). The fourth-order valence-corrected chi connectivity index (χ4v) is 2.35. The van der Waals surface area contributed by atoms with Crippen LogP contribution in [0, 0.1) is 11.6 Å². The Balaban J connectivity index is 2.22. The zero-order chi connectivity index (χ0) is 15.1. The molecule has 0 bridgehead atoms. The minimum Gasteiger partial charge on any atom is -0.368 e. The number of nitrogen functional groups attached to an aromatic ring is 1. The first-order valence-electron chi connectivity index (χ1n) is 5.59. The molecule has 0 aliphatic heterocycles. The normalized spacial score (nSPS) is 11.2. The molecular weight excluding hydrogens is 366 g/mol. The van der Waals surface area contributed by atoms with Crippen LogP contribution in [0.4, 0.5) is 14.7 Å². The Labute approximate surface area is 129 Å². The van der Waals surface area contributed by atoms with Gasteiger partial charge in [-0.3, -0.25) is 0 Å². The predicted molar refractivity (Wildman–Crippen MR) is 77.8 cm³/mol. The maximum Gasteiger partial charge on any atom is 0.258 e. The van der Waals surface area contributed by atoms with E-state index in [0.29, 0.717) is 5.16 Å². The number of hydrogen-bond donors (Lipinski definition) is 1. The predicted octanol–water partition coefficient (Wildman–Crippen LogP) is 2.53. The Bertz CT molecular complexity index is 852. The molecule has 0 fully saturated rings. The molecule has 108 valence electrons. The van der Waals surface area contributed by atoms with Crippen molar-refractivity contribution in [2.75, 3.05) is 12.0 Å². The molecule has 2 aromatic heterocycles. The van der Waals surface area contributed by atoms with Crippen LogP contribution in [-0.4, -0.2) is 30.8 Å². The fraction of sp³-hybridized carbons (Fsp3) is 0.0909. The monoisotopic (exact) mass is 372 g/mol. The number of fused-ring (bicyclic) bond motifs is 1. The third-order valence-electron chi connectivity index (χ3n) is 2.67. The molecule has 0 saturated carbocycles. The smallest absolute Gasteiger partial charge is 0.258 e. The van der Waals surface area contributed by atoms with Gasteiger partial charge in [-0.2, -0.15) is 19.5 Å². The van der Waals surface area contributed by atoms with Gasteiger partial charge in [0.25, 0.3) is 5.78 Å². The van der Waals surface area contributed by atoms with Crippen LogP contribution in [0.25, 0.3) is 17.2 Å². The van der Waals surface area contributed by atoms with Gasteiger partial charge < -0.3 is 5.73 Å². The van der Waals surface area contributed by atoms with Gasteiger partial charge in [-0.25, -0.2) is 8.78 Å². The average Bonchev–Trinajstić information content (AvgIpc) is 2.89. The molecule has 3 rings (SSSR count). The highest BCUT2D eigenvalue weighted by molar-refractivity contribution is 9.10. The van der Waals surface area contributed by atoms with Crippen molar-refractivity contribution >= 4 is 39.4 Å². The molecule has 1 aromatic carbocycles. The zero-order valence-electron chi connectivity index (χ0n) is 10.5. The highest BCUT2D eigenvalue weighted by Crippen LogP contribution is 2.27. The first kappa shape index (κ1) is 14.1. The molecule has 0 unspecified atom stereocenters. The van der Waals surface area contributed by atoms with Crippen molar-refractivity contribution in [3.8, 4) is 11.4 Å².